The van der Waals surface area contributed by atoms with Crippen LogP contribution in [0, 0.1) is 5.92 Å². The molecule has 6 heteroatoms. The van der Waals surface area contributed by atoms with Crippen molar-refractivity contribution in [1.29, 1.82) is 0 Å². The molecule has 2 aromatic rings. The molecule has 1 aliphatic carbocycles. The van der Waals surface area contributed by atoms with Gasteiger partial charge in [-0.3, -0.25) is 9.78 Å². The first-order chi connectivity index (χ1) is 15.8. The van der Waals surface area contributed by atoms with Crippen molar-refractivity contribution in [3.63, 3.8) is 0 Å². The smallest absolute Gasteiger partial charge is 0.225 e. The van der Waals surface area contributed by atoms with Crippen LogP contribution in [-0.2, 0) is 4.79 Å². The summed E-state index contributed by atoms with van der Waals surface area (Å²) < 4.78 is 0. The molecule has 5 rings (SSSR count). The third-order valence-corrected chi connectivity index (χ3v) is 7.49. The van der Waals surface area contributed by atoms with E-state index in [1.54, 1.807) is 6.20 Å². The predicted octanol–water partition coefficient (Wildman–Crippen LogP) is 4.82. The molecule has 2 aliphatic heterocycles. The minimum absolute atomic E-state index is 0.231. The first-order valence-electron chi connectivity index (χ1n) is 12.6. The third kappa shape index (κ3) is 4.64. The quantitative estimate of drug-likeness (QED) is 0.692. The zero-order valence-electron chi connectivity index (χ0n) is 19.1. The second kappa shape index (κ2) is 9.97. The molecule has 4 heterocycles. The molecule has 3 aliphatic rings. The summed E-state index contributed by atoms with van der Waals surface area (Å²) in [5, 5.41) is 0. The second-order valence-corrected chi connectivity index (χ2v) is 9.72. The molecular formula is C26H35N5O. The molecule has 1 atom stereocenters. The largest absolute Gasteiger partial charge is 0.342 e. The number of hydrogen-bond donors (Lipinski definition) is 0. The molecule has 1 amide bonds. The monoisotopic (exact) mass is 433 g/mol. The van der Waals surface area contributed by atoms with Crippen molar-refractivity contribution in [2.24, 2.45) is 5.92 Å². The maximum absolute atomic E-state index is 13.3. The average Bonchev–Trinajstić information content (AvgIpc) is 2.89. The average molecular weight is 434 g/mol. The number of amides is 1. The molecule has 2 saturated heterocycles. The molecule has 1 saturated carbocycles. The molecule has 3 fully saturated rings. The molecule has 0 bridgehead atoms. The first kappa shape index (κ1) is 21.4. The number of carbonyl (C=O) groups is 1. The van der Waals surface area contributed by atoms with Crippen LogP contribution in [0.15, 0.2) is 30.7 Å². The Labute approximate surface area is 191 Å². The highest BCUT2D eigenvalue weighted by molar-refractivity contribution is 5.79. The van der Waals surface area contributed by atoms with Crippen molar-refractivity contribution in [3.05, 3.63) is 36.4 Å². The maximum Gasteiger partial charge on any atom is 0.225 e. The third-order valence-electron chi connectivity index (χ3n) is 7.49. The lowest BCUT2D eigenvalue weighted by Crippen LogP contribution is -2.43. The van der Waals surface area contributed by atoms with Gasteiger partial charge in [-0.1, -0.05) is 25.3 Å². The minimum Gasteiger partial charge on any atom is -0.342 e. The topological polar surface area (TPSA) is 62.2 Å². The summed E-state index contributed by atoms with van der Waals surface area (Å²) in [6.07, 6.45) is 17.3. The van der Waals surface area contributed by atoms with E-state index in [1.165, 1.54) is 38.5 Å². The highest BCUT2D eigenvalue weighted by Crippen LogP contribution is 2.35. The zero-order valence-corrected chi connectivity index (χ0v) is 19.1. The Bertz CT molecular complexity index is 906. The number of carbonyl (C=O) groups excluding carboxylic acids is 1. The van der Waals surface area contributed by atoms with Crippen LogP contribution in [-0.4, -0.2) is 51.9 Å². The number of nitrogens with zero attached hydrogens (tertiary/aromatic N) is 5. The van der Waals surface area contributed by atoms with Crippen molar-refractivity contribution >= 4 is 11.9 Å². The van der Waals surface area contributed by atoms with Crippen molar-refractivity contribution in [1.82, 2.24) is 19.9 Å². The number of likely N-dealkylation sites (tertiary alicyclic amines) is 1. The fourth-order valence-corrected chi connectivity index (χ4v) is 5.70. The molecule has 0 spiro atoms. The van der Waals surface area contributed by atoms with Gasteiger partial charge in [-0.25, -0.2) is 9.97 Å². The van der Waals surface area contributed by atoms with Crippen molar-refractivity contribution < 1.29 is 4.79 Å². The van der Waals surface area contributed by atoms with Gasteiger partial charge in [0.05, 0.1) is 5.69 Å². The van der Waals surface area contributed by atoms with Crippen LogP contribution >= 0.6 is 0 Å². The Kier molecular flexibility index (Phi) is 6.65. The van der Waals surface area contributed by atoms with E-state index in [1.807, 2.05) is 18.5 Å². The Hall–Kier alpha value is -2.50. The van der Waals surface area contributed by atoms with E-state index in [0.29, 0.717) is 5.91 Å². The van der Waals surface area contributed by atoms with E-state index in [0.717, 1.165) is 74.6 Å². The van der Waals surface area contributed by atoms with E-state index in [2.05, 4.69) is 20.9 Å². The molecule has 32 heavy (non-hydrogen) atoms. The van der Waals surface area contributed by atoms with Crippen LogP contribution in [0.1, 0.15) is 75.8 Å². The molecule has 0 unspecified atom stereocenters. The van der Waals surface area contributed by atoms with Gasteiger partial charge in [-0.2, -0.15) is 0 Å². The maximum atomic E-state index is 13.3. The van der Waals surface area contributed by atoms with Gasteiger partial charge in [0.25, 0.3) is 0 Å². The normalized spacial score (nSPS) is 22.7. The van der Waals surface area contributed by atoms with Crippen LogP contribution in [0.3, 0.4) is 0 Å². The highest BCUT2D eigenvalue weighted by atomic mass is 16.2. The van der Waals surface area contributed by atoms with E-state index in [9.17, 15) is 4.79 Å². The molecule has 170 valence electrons. The Morgan fingerprint density at radius 2 is 1.72 bits per heavy atom. The SMILES string of the molecule is O=C(C1CCCCC1)N1CCC[C@H](c2nc(N3CCCCC3)ncc2-c2cccnc2)C1. The van der Waals surface area contributed by atoms with E-state index < -0.39 is 0 Å². The summed E-state index contributed by atoms with van der Waals surface area (Å²) >= 11 is 0. The standard InChI is InChI=1S/C26H35N5O/c32-25(20-9-3-1-4-10-20)31-16-8-12-22(19-31)24-23(21-11-7-13-27-17-21)18-28-26(29-24)30-14-5-2-6-15-30/h7,11,13,17-18,20,22H,1-6,8-10,12,14-16,19H2/t22-/m0/s1. The van der Waals surface area contributed by atoms with Crippen molar-refractivity contribution in [2.45, 2.75) is 70.1 Å². The fourth-order valence-electron chi connectivity index (χ4n) is 5.70. The van der Waals surface area contributed by atoms with Crippen LogP contribution in [0.4, 0.5) is 5.95 Å². The van der Waals surface area contributed by atoms with Gasteiger partial charge >= 0.3 is 0 Å². The Morgan fingerprint density at radius 1 is 0.906 bits per heavy atom. The number of pyridine rings is 1. The van der Waals surface area contributed by atoms with E-state index >= 15 is 0 Å². The van der Waals surface area contributed by atoms with Gasteiger partial charge in [0, 0.05) is 67.7 Å². The Morgan fingerprint density at radius 3 is 2.50 bits per heavy atom. The van der Waals surface area contributed by atoms with E-state index in [-0.39, 0.29) is 11.8 Å². The predicted molar refractivity (Wildman–Crippen MR) is 126 cm³/mol. The lowest BCUT2D eigenvalue weighted by molar-refractivity contribution is -0.137. The molecular weight excluding hydrogens is 398 g/mol. The van der Waals surface area contributed by atoms with Crippen LogP contribution in [0.2, 0.25) is 0 Å². The fraction of sp³-hybridized carbons (Fsp3) is 0.615. The highest BCUT2D eigenvalue weighted by Gasteiger charge is 2.32. The lowest BCUT2D eigenvalue weighted by Gasteiger charge is -2.36. The number of aromatic nitrogens is 3. The van der Waals surface area contributed by atoms with E-state index in [4.69, 9.17) is 9.97 Å². The summed E-state index contributed by atoms with van der Waals surface area (Å²) in [5.41, 5.74) is 3.22. The van der Waals surface area contributed by atoms with Gasteiger partial charge < -0.3 is 9.80 Å². The molecule has 2 aromatic heterocycles. The molecule has 6 nitrogen and oxygen atoms in total. The molecule has 0 aromatic carbocycles. The van der Waals surface area contributed by atoms with Crippen molar-refractivity contribution in [2.75, 3.05) is 31.1 Å². The summed E-state index contributed by atoms with van der Waals surface area (Å²) in [6.45, 7) is 3.72. The van der Waals surface area contributed by atoms with Crippen LogP contribution in [0.5, 0.6) is 0 Å². The van der Waals surface area contributed by atoms with Gasteiger partial charge in [0.1, 0.15) is 0 Å². The Balaban J connectivity index is 1.43. The van der Waals surface area contributed by atoms with Gasteiger partial charge in [0.15, 0.2) is 0 Å². The van der Waals surface area contributed by atoms with Crippen LogP contribution < -0.4 is 4.90 Å². The number of hydrogen-bond acceptors (Lipinski definition) is 5. The molecule has 0 radical (unpaired) electrons. The summed E-state index contributed by atoms with van der Waals surface area (Å²) in [5.74, 6) is 1.71. The molecule has 0 N–H and O–H groups in total. The van der Waals surface area contributed by atoms with Gasteiger partial charge in [0.2, 0.25) is 11.9 Å². The van der Waals surface area contributed by atoms with Gasteiger partial charge in [-0.05, 0) is 51.0 Å². The van der Waals surface area contributed by atoms with Crippen LogP contribution in [0.25, 0.3) is 11.1 Å². The van der Waals surface area contributed by atoms with Crippen molar-refractivity contribution in [3.8, 4) is 11.1 Å². The summed E-state index contributed by atoms with van der Waals surface area (Å²) in [6, 6.07) is 4.06. The lowest BCUT2D eigenvalue weighted by atomic mass is 9.86. The minimum atomic E-state index is 0.231. The zero-order chi connectivity index (χ0) is 21.8. The number of anilines is 1. The second-order valence-electron chi connectivity index (χ2n) is 9.72. The van der Waals surface area contributed by atoms with Gasteiger partial charge in [-0.15, -0.1) is 0 Å². The summed E-state index contributed by atoms with van der Waals surface area (Å²) in [4.78, 5) is 32.0. The number of piperidine rings is 2. The summed E-state index contributed by atoms with van der Waals surface area (Å²) in [7, 11) is 0. The first-order valence-corrected chi connectivity index (χ1v) is 12.6. The number of rotatable bonds is 4.